The van der Waals surface area contributed by atoms with Crippen LogP contribution in [0.2, 0.25) is 0 Å². The summed E-state index contributed by atoms with van der Waals surface area (Å²) in [5, 5.41) is 12.2. The number of hydrogen-bond donors (Lipinski definition) is 1. The molecule has 1 unspecified atom stereocenters. The smallest absolute Gasteiger partial charge is 0.115 e. The Bertz CT molecular complexity index is 2240. The Labute approximate surface area is 281 Å². The molecule has 1 atom stereocenters. The van der Waals surface area contributed by atoms with Crippen molar-refractivity contribution in [2.45, 2.75) is 32.1 Å². The third-order valence-electron chi connectivity index (χ3n) is 9.58. The quantitative estimate of drug-likeness (QED) is 0.178. The van der Waals surface area contributed by atoms with E-state index in [0.717, 1.165) is 46.2 Å². The van der Waals surface area contributed by atoms with Gasteiger partial charge in [0.05, 0.1) is 5.41 Å². The van der Waals surface area contributed by atoms with Crippen LogP contribution in [0.15, 0.2) is 141 Å². The molecule has 6 aromatic rings. The van der Waals surface area contributed by atoms with Gasteiger partial charge in [0.1, 0.15) is 5.75 Å². The molecule has 2 heteroatoms. The Morgan fingerprint density at radius 3 is 2.04 bits per heavy atom. The third kappa shape index (κ3) is 4.92. The first-order valence-electron chi connectivity index (χ1n) is 16.3. The van der Waals surface area contributed by atoms with E-state index < -0.39 is 5.41 Å². The van der Waals surface area contributed by atoms with Gasteiger partial charge in [0.15, 0.2) is 0 Å². The first kappa shape index (κ1) is 30.5. The van der Waals surface area contributed by atoms with Crippen LogP contribution in [0.3, 0.4) is 0 Å². The molecule has 0 spiro atoms. The maximum Gasteiger partial charge on any atom is 0.115 e. The molecule has 1 aliphatic rings. The van der Waals surface area contributed by atoms with Crippen molar-refractivity contribution in [3.8, 4) is 28.0 Å². The summed E-state index contributed by atoms with van der Waals surface area (Å²) in [4.78, 5) is 1.24. The second kappa shape index (κ2) is 12.5. The standard InChI is InChI=1S/C45H38OS/c1-5-14-40-37(7-3)44(47-43(40)8-4)36(6-2)32-21-25-34(26-22-32)45(33-23-19-31(20-24-33)30-15-10-9-11-16-30)41-18-13-12-17-38(41)39-28-27-35(46)29-42(39)45/h6-13,15-29,46H,2,4-5,14H2,1,3H3/b37-7-,44-36-. The number of phenolic OH excluding ortho intramolecular Hbond substituents is 1. The Hall–Kier alpha value is -5.18. The normalized spacial score (nSPS) is 16.0. The zero-order valence-electron chi connectivity index (χ0n) is 27.0. The highest BCUT2D eigenvalue weighted by molar-refractivity contribution is 7.11. The van der Waals surface area contributed by atoms with E-state index in [2.05, 4.69) is 136 Å². The minimum atomic E-state index is -0.609. The maximum absolute atomic E-state index is 10.9. The summed E-state index contributed by atoms with van der Waals surface area (Å²) < 4.78 is 1.24. The average Bonchev–Trinajstić information content (AvgIpc) is 3.62. The molecule has 7 rings (SSSR count). The van der Waals surface area contributed by atoms with Gasteiger partial charge in [-0.25, -0.2) is 0 Å². The molecule has 47 heavy (non-hydrogen) atoms. The van der Waals surface area contributed by atoms with Crippen LogP contribution in [0, 0.1) is 0 Å². The van der Waals surface area contributed by atoms with Crippen LogP contribution in [0.4, 0.5) is 0 Å². The van der Waals surface area contributed by atoms with Crippen LogP contribution in [-0.4, -0.2) is 5.11 Å². The average molecular weight is 627 g/mol. The van der Waals surface area contributed by atoms with E-state index in [1.54, 1.807) is 17.4 Å². The van der Waals surface area contributed by atoms with E-state index in [4.69, 9.17) is 0 Å². The van der Waals surface area contributed by atoms with Crippen LogP contribution in [0.5, 0.6) is 5.75 Å². The fourth-order valence-corrected chi connectivity index (χ4v) is 8.82. The van der Waals surface area contributed by atoms with Crippen molar-refractivity contribution < 1.29 is 5.11 Å². The summed E-state index contributed by atoms with van der Waals surface area (Å²) in [6.07, 6.45) is 8.33. The second-order valence-corrected chi connectivity index (χ2v) is 13.1. The Kier molecular flexibility index (Phi) is 8.14. The molecule has 0 bridgehead atoms. The van der Waals surface area contributed by atoms with Gasteiger partial charge in [0.2, 0.25) is 0 Å². The number of rotatable bonds is 8. The van der Waals surface area contributed by atoms with Crippen molar-refractivity contribution in [1.29, 1.82) is 0 Å². The summed E-state index contributed by atoms with van der Waals surface area (Å²) in [5.41, 5.74) is 12.4. The number of allylic oxidation sites excluding steroid dienone is 1. The predicted molar refractivity (Wildman–Crippen MR) is 201 cm³/mol. The van der Waals surface area contributed by atoms with Gasteiger partial charge in [0, 0.05) is 9.41 Å². The molecule has 1 nitrogen and oxygen atoms in total. The van der Waals surface area contributed by atoms with E-state index in [1.807, 2.05) is 24.3 Å². The van der Waals surface area contributed by atoms with Gasteiger partial charge < -0.3 is 5.11 Å². The molecule has 0 saturated heterocycles. The van der Waals surface area contributed by atoms with Crippen LogP contribution in [0.1, 0.15) is 58.5 Å². The SMILES string of the molecule is C=C/C(c1ccc(C2(c3ccc(-c4ccccc4)cc3)c3ccccc3-c3ccc(O)cc32)cc1)=c1/sc(C=C)c(CCC)/c1=C/C. The molecule has 0 radical (unpaired) electrons. The minimum absolute atomic E-state index is 0.266. The summed E-state index contributed by atoms with van der Waals surface area (Å²) in [6.45, 7) is 12.7. The zero-order chi connectivity index (χ0) is 32.5. The molecule has 5 aromatic carbocycles. The highest BCUT2D eigenvalue weighted by atomic mass is 32.1. The molecule has 1 N–H and O–H groups in total. The molecule has 0 aliphatic heterocycles. The topological polar surface area (TPSA) is 20.2 Å². The van der Waals surface area contributed by atoms with Gasteiger partial charge in [-0.15, -0.1) is 11.3 Å². The van der Waals surface area contributed by atoms with Gasteiger partial charge in [0.25, 0.3) is 0 Å². The lowest BCUT2D eigenvalue weighted by Crippen LogP contribution is -2.28. The second-order valence-electron chi connectivity index (χ2n) is 12.1. The highest BCUT2D eigenvalue weighted by Crippen LogP contribution is 2.56. The number of phenols is 1. The van der Waals surface area contributed by atoms with E-state index >= 15 is 0 Å². The molecule has 0 saturated carbocycles. The first-order chi connectivity index (χ1) is 23.0. The Morgan fingerprint density at radius 1 is 0.745 bits per heavy atom. The van der Waals surface area contributed by atoms with E-state index in [0.29, 0.717) is 0 Å². The molecular weight excluding hydrogens is 589 g/mol. The van der Waals surface area contributed by atoms with E-state index in [-0.39, 0.29) is 5.75 Å². The fraction of sp³-hybridized carbons (Fsp3) is 0.111. The lowest BCUT2D eigenvalue weighted by molar-refractivity contribution is 0.474. The summed E-state index contributed by atoms with van der Waals surface area (Å²) in [7, 11) is 0. The van der Waals surface area contributed by atoms with Crippen LogP contribution < -0.4 is 9.75 Å². The van der Waals surface area contributed by atoms with Crippen molar-refractivity contribution in [2.75, 3.05) is 0 Å². The molecule has 1 aromatic heterocycles. The van der Waals surface area contributed by atoms with Crippen molar-refractivity contribution in [2.24, 2.45) is 0 Å². The van der Waals surface area contributed by atoms with Crippen LogP contribution >= 0.6 is 11.3 Å². The summed E-state index contributed by atoms with van der Waals surface area (Å²) in [5.74, 6) is 0.266. The van der Waals surface area contributed by atoms with Crippen LogP contribution in [0.25, 0.3) is 40.0 Å². The number of benzene rings is 5. The lowest BCUT2D eigenvalue weighted by Gasteiger charge is -2.34. The van der Waals surface area contributed by atoms with E-state index in [1.165, 1.54) is 42.4 Å². The number of hydrogen-bond acceptors (Lipinski definition) is 2. The molecule has 0 fully saturated rings. The van der Waals surface area contributed by atoms with Crippen molar-refractivity contribution in [3.63, 3.8) is 0 Å². The highest BCUT2D eigenvalue weighted by Gasteiger charge is 2.46. The Morgan fingerprint density at radius 2 is 1.38 bits per heavy atom. The number of aromatic hydroxyl groups is 1. The molecule has 230 valence electrons. The van der Waals surface area contributed by atoms with Crippen molar-refractivity contribution >= 4 is 29.1 Å². The van der Waals surface area contributed by atoms with Crippen LogP contribution in [-0.2, 0) is 11.8 Å². The van der Waals surface area contributed by atoms with Crippen molar-refractivity contribution in [1.82, 2.24) is 0 Å². The summed E-state index contributed by atoms with van der Waals surface area (Å²) >= 11 is 1.80. The van der Waals surface area contributed by atoms with Gasteiger partial charge in [-0.3, -0.25) is 0 Å². The molecule has 1 heterocycles. The summed E-state index contributed by atoms with van der Waals surface area (Å²) in [6, 6.07) is 43.0. The van der Waals surface area contributed by atoms with Gasteiger partial charge >= 0.3 is 0 Å². The van der Waals surface area contributed by atoms with Gasteiger partial charge in [-0.05, 0) is 91.9 Å². The molecule has 0 amide bonds. The fourth-order valence-electron chi connectivity index (χ4n) is 7.52. The van der Waals surface area contributed by atoms with E-state index in [9.17, 15) is 5.11 Å². The number of thiophene rings is 1. The maximum atomic E-state index is 10.9. The predicted octanol–water partition coefficient (Wildman–Crippen LogP) is 10.3. The monoisotopic (exact) mass is 626 g/mol. The van der Waals surface area contributed by atoms with Gasteiger partial charge in [-0.1, -0.05) is 154 Å². The lowest BCUT2D eigenvalue weighted by atomic mass is 9.67. The Balaban J connectivity index is 1.47. The first-order valence-corrected chi connectivity index (χ1v) is 17.1. The molecule has 1 aliphatic carbocycles. The molecular formula is C45H38OS. The zero-order valence-corrected chi connectivity index (χ0v) is 27.8. The minimum Gasteiger partial charge on any atom is -0.508 e. The van der Waals surface area contributed by atoms with Crippen molar-refractivity contribution in [3.05, 3.63) is 189 Å². The third-order valence-corrected chi connectivity index (χ3v) is 10.9. The number of fused-ring (bicyclic) bond motifs is 3. The largest absolute Gasteiger partial charge is 0.508 e. The van der Waals surface area contributed by atoms with Gasteiger partial charge in [-0.2, -0.15) is 0 Å².